The third kappa shape index (κ3) is 4.76. The summed E-state index contributed by atoms with van der Waals surface area (Å²) in [5.41, 5.74) is 0.876. The van der Waals surface area contributed by atoms with Crippen molar-refractivity contribution in [2.75, 3.05) is 12.4 Å². The number of nitriles is 1. The van der Waals surface area contributed by atoms with E-state index < -0.39 is 10.8 Å². The fourth-order valence-electron chi connectivity index (χ4n) is 2.22. The number of nitro groups is 1. The van der Waals surface area contributed by atoms with Crippen molar-refractivity contribution in [1.29, 1.82) is 5.26 Å². The van der Waals surface area contributed by atoms with E-state index in [1.54, 1.807) is 13.0 Å². The number of non-ortho nitro benzene ring substituents is 1. The van der Waals surface area contributed by atoms with Gasteiger partial charge in [0, 0.05) is 12.1 Å². The lowest BCUT2D eigenvalue weighted by atomic mass is 10.1. The Morgan fingerprint density at radius 1 is 1.30 bits per heavy atom. The van der Waals surface area contributed by atoms with Crippen LogP contribution in [-0.4, -0.2) is 17.9 Å². The second kappa shape index (κ2) is 8.54. The second-order valence-electron chi connectivity index (χ2n) is 5.40. The van der Waals surface area contributed by atoms with Crippen LogP contribution in [-0.2, 0) is 4.79 Å². The van der Waals surface area contributed by atoms with Crippen LogP contribution in [0.5, 0.6) is 5.75 Å². The zero-order valence-electron chi connectivity index (χ0n) is 14.2. The zero-order valence-corrected chi connectivity index (χ0v) is 15.8. The van der Waals surface area contributed by atoms with Crippen LogP contribution >= 0.6 is 23.2 Å². The first-order valence-electron chi connectivity index (χ1n) is 7.48. The van der Waals surface area contributed by atoms with E-state index in [-0.39, 0.29) is 32.7 Å². The van der Waals surface area contributed by atoms with Gasteiger partial charge in [-0.2, -0.15) is 5.26 Å². The van der Waals surface area contributed by atoms with E-state index >= 15 is 0 Å². The van der Waals surface area contributed by atoms with Crippen LogP contribution in [0.2, 0.25) is 10.0 Å². The number of hydrogen-bond donors (Lipinski definition) is 1. The molecule has 138 valence electrons. The summed E-state index contributed by atoms with van der Waals surface area (Å²) in [6, 6.07) is 8.84. The number of aryl methyl sites for hydroxylation is 1. The average molecular weight is 406 g/mol. The molecular formula is C18H13Cl2N3O4. The molecule has 27 heavy (non-hydrogen) atoms. The maximum Gasteiger partial charge on any atom is 0.271 e. The zero-order chi connectivity index (χ0) is 20.1. The molecule has 0 radical (unpaired) electrons. The van der Waals surface area contributed by atoms with Gasteiger partial charge < -0.3 is 10.1 Å². The van der Waals surface area contributed by atoms with Crippen LogP contribution in [0.4, 0.5) is 11.4 Å². The van der Waals surface area contributed by atoms with Crippen molar-refractivity contribution in [2.24, 2.45) is 0 Å². The van der Waals surface area contributed by atoms with Crippen LogP contribution < -0.4 is 10.1 Å². The van der Waals surface area contributed by atoms with E-state index in [0.717, 1.165) is 0 Å². The van der Waals surface area contributed by atoms with Gasteiger partial charge in [0.15, 0.2) is 5.75 Å². The van der Waals surface area contributed by atoms with Crippen LogP contribution in [0.15, 0.2) is 35.9 Å². The van der Waals surface area contributed by atoms with E-state index in [0.29, 0.717) is 11.1 Å². The van der Waals surface area contributed by atoms with Gasteiger partial charge in [0.1, 0.15) is 11.6 Å². The number of anilines is 1. The average Bonchev–Trinajstić information content (AvgIpc) is 2.61. The summed E-state index contributed by atoms with van der Waals surface area (Å²) in [6.07, 6.45) is 1.30. The van der Waals surface area contributed by atoms with Crippen molar-refractivity contribution in [3.05, 3.63) is 67.2 Å². The van der Waals surface area contributed by atoms with E-state index in [4.69, 9.17) is 27.9 Å². The molecule has 2 rings (SSSR count). The predicted octanol–water partition coefficient (Wildman–Crippen LogP) is 4.76. The molecule has 9 heteroatoms. The minimum absolute atomic E-state index is 0.174. The van der Waals surface area contributed by atoms with Gasteiger partial charge >= 0.3 is 0 Å². The number of nitrogens with zero attached hydrogens (tertiary/aromatic N) is 2. The molecule has 0 spiro atoms. The molecule has 0 fully saturated rings. The van der Waals surface area contributed by atoms with Crippen LogP contribution in [0.1, 0.15) is 11.1 Å². The summed E-state index contributed by atoms with van der Waals surface area (Å²) in [6.45, 7) is 1.68. The monoisotopic (exact) mass is 405 g/mol. The number of nitro benzene ring substituents is 1. The van der Waals surface area contributed by atoms with Gasteiger partial charge in [0.25, 0.3) is 11.6 Å². The summed E-state index contributed by atoms with van der Waals surface area (Å²) in [5.74, 6) is -0.435. The van der Waals surface area contributed by atoms with Gasteiger partial charge in [0.2, 0.25) is 0 Å². The van der Waals surface area contributed by atoms with Gasteiger partial charge in [-0.1, -0.05) is 29.3 Å². The molecule has 2 aromatic rings. The highest BCUT2D eigenvalue weighted by molar-refractivity contribution is 6.37. The minimum Gasteiger partial charge on any atom is -0.494 e. The Morgan fingerprint density at radius 3 is 2.44 bits per heavy atom. The molecule has 0 atom stereocenters. The van der Waals surface area contributed by atoms with E-state index in [9.17, 15) is 20.2 Å². The second-order valence-corrected chi connectivity index (χ2v) is 6.21. The van der Waals surface area contributed by atoms with E-state index in [2.05, 4.69) is 5.32 Å². The topological polar surface area (TPSA) is 105 Å². The highest BCUT2D eigenvalue weighted by Gasteiger charge is 2.15. The highest BCUT2D eigenvalue weighted by atomic mass is 35.5. The SMILES string of the molecule is COc1c(Cl)cc(/C=C(\C#N)C(=O)Nc2cc([N+](=O)[O-])ccc2C)cc1Cl. The number of amides is 1. The number of halogens is 2. The van der Waals surface area contributed by atoms with Crippen molar-refractivity contribution in [3.8, 4) is 11.8 Å². The van der Waals surface area contributed by atoms with E-state index in [1.807, 2.05) is 0 Å². The number of carbonyl (C=O) groups excluding carboxylic acids is 1. The number of hydrogen-bond acceptors (Lipinski definition) is 5. The number of ether oxygens (including phenoxy) is 1. The first kappa shape index (κ1) is 20.2. The van der Waals surface area contributed by atoms with Gasteiger partial charge in [-0.05, 0) is 36.3 Å². The summed E-state index contributed by atoms with van der Waals surface area (Å²) in [7, 11) is 1.41. The summed E-state index contributed by atoms with van der Waals surface area (Å²) >= 11 is 12.1. The molecule has 2 aromatic carbocycles. The molecule has 0 aliphatic heterocycles. The van der Waals surface area contributed by atoms with Crippen LogP contribution in [0, 0.1) is 28.4 Å². The lowest BCUT2D eigenvalue weighted by Gasteiger charge is -2.09. The maximum absolute atomic E-state index is 12.4. The van der Waals surface area contributed by atoms with Crippen LogP contribution in [0.3, 0.4) is 0 Å². The van der Waals surface area contributed by atoms with Crippen molar-refractivity contribution in [3.63, 3.8) is 0 Å². The van der Waals surface area contributed by atoms with E-state index in [1.165, 1.54) is 43.5 Å². The first-order chi connectivity index (χ1) is 12.8. The molecule has 0 aliphatic rings. The smallest absolute Gasteiger partial charge is 0.271 e. The lowest BCUT2D eigenvalue weighted by molar-refractivity contribution is -0.384. The fraction of sp³-hybridized carbons (Fsp3) is 0.111. The summed E-state index contributed by atoms with van der Waals surface area (Å²) < 4.78 is 5.05. The van der Waals surface area contributed by atoms with Gasteiger partial charge in [-0.25, -0.2) is 0 Å². The Kier molecular flexibility index (Phi) is 6.40. The maximum atomic E-state index is 12.4. The Labute approximate surface area is 164 Å². The van der Waals surface area contributed by atoms with Crippen molar-refractivity contribution >= 4 is 46.6 Å². The quantitative estimate of drug-likeness (QED) is 0.333. The molecule has 0 bridgehead atoms. The predicted molar refractivity (Wildman–Crippen MR) is 103 cm³/mol. The first-order valence-corrected chi connectivity index (χ1v) is 8.23. The van der Waals surface area contributed by atoms with Crippen molar-refractivity contribution in [2.45, 2.75) is 6.92 Å². The standard InChI is InChI=1S/C18H13Cl2N3O4/c1-10-3-4-13(23(25)26)8-16(10)22-18(24)12(9-21)5-11-6-14(19)17(27-2)15(20)7-11/h3-8H,1-2H3,(H,22,24)/b12-5+. The number of benzene rings is 2. The molecule has 0 heterocycles. The molecule has 0 aliphatic carbocycles. The molecule has 7 nitrogen and oxygen atoms in total. The number of nitrogens with one attached hydrogen (secondary N) is 1. The van der Waals surface area contributed by atoms with Crippen LogP contribution in [0.25, 0.3) is 6.08 Å². The molecule has 0 saturated heterocycles. The van der Waals surface area contributed by atoms with Gasteiger partial charge in [-0.3, -0.25) is 14.9 Å². The third-order valence-electron chi connectivity index (χ3n) is 3.58. The number of methoxy groups -OCH3 is 1. The highest BCUT2D eigenvalue weighted by Crippen LogP contribution is 2.34. The third-order valence-corrected chi connectivity index (χ3v) is 4.14. The van der Waals surface area contributed by atoms with Gasteiger partial charge in [0.05, 0.1) is 27.8 Å². The molecule has 1 N–H and O–H groups in total. The Bertz CT molecular complexity index is 974. The Morgan fingerprint density at radius 2 is 1.93 bits per heavy atom. The number of rotatable bonds is 5. The Balaban J connectivity index is 2.34. The molecule has 1 amide bonds. The summed E-state index contributed by atoms with van der Waals surface area (Å²) in [4.78, 5) is 22.7. The fourth-order valence-corrected chi connectivity index (χ4v) is 2.88. The van der Waals surface area contributed by atoms with Crippen molar-refractivity contribution in [1.82, 2.24) is 0 Å². The molecule has 0 saturated carbocycles. The lowest BCUT2D eigenvalue weighted by Crippen LogP contribution is -2.14. The Hall–Kier alpha value is -3.08. The minimum atomic E-state index is -0.718. The molecular weight excluding hydrogens is 393 g/mol. The molecule has 0 aromatic heterocycles. The van der Waals surface area contributed by atoms with Gasteiger partial charge in [-0.15, -0.1) is 0 Å². The van der Waals surface area contributed by atoms with Crippen molar-refractivity contribution < 1.29 is 14.5 Å². The molecule has 0 unspecified atom stereocenters. The largest absolute Gasteiger partial charge is 0.494 e. The normalized spacial score (nSPS) is 10.9. The number of carbonyl (C=O) groups is 1. The summed E-state index contributed by atoms with van der Waals surface area (Å²) in [5, 5.41) is 23.2.